The molecule has 2 aliphatic heterocycles. The van der Waals surface area contributed by atoms with Gasteiger partial charge in [0.05, 0.1) is 35.1 Å². The van der Waals surface area contributed by atoms with Gasteiger partial charge in [-0.3, -0.25) is 14.4 Å². The highest BCUT2D eigenvalue weighted by Gasteiger charge is 2.46. The molecule has 0 saturated heterocycles. The Morgan fingerprint density at radius 3 is 2.42 bits per heavy atom. The van der Waals surface area contributed by atoms with E-state index >= 15 is 4.39 Å². The van der Waals surface area contributed by atoms with Crippen molar-refractivity contribution in [3.05, 3.63) is 91.0 Å². The largest absolute Gasteiger partial charge is 0.465 e. The molecule has 0 fully saturated rings. The number of aromatic nitrogens is 2. The number of esters is 1. The average molecular weight is 1030 g/mol. The number of fused-ring (bicyclic) bond motifs is 5. The van der Waals surface area contributed by atoms with Crippen molar-refractivity contribution >= 4 is 58.7 Å². The molecule has 7 rings (SSSR count). The number of pyridine rings is 2. The monoisotopic (exact) mass is 1030 g/mol. The van der Waals surface area contributed by atoms with Gasteiger partial charge in [-0.15, -0.1) is 0 Å². The Hall–Kier alpha value is -7.82. The minimum atomic E-state index is -2.07. The third kappa shape index (κ3) is 11.2. The number of urea groups is 1. The van der Waals surface area contributed by atoms with Crippen molar-refractivity contribution in [3.8, 4) is 11.4 Å². The van der Waals surface area contributed by atoms with Crippen LogP contribution in [0.3, 0.4) is 0 Å². The first-order valence-corrected chi connectivity index (χ1v) is 24.3. The highest BCUT2D eigenvalue weighted by Crippen LogP contribution is 2.46. The fourth-order valence-electron chi connectivity index (χ4n) is 9.59. The zero-order chi connectivity index (χ0) is 54.1. The predicted octanol–water partition coefficient (Wildman–Crippen LogP) is 4.97. The molecule has 0 radical (unpaired) electrons. The maximum atomic E-state index is 15.5. The lowest BCUT2D eigenvalue weighted by Gasteiger charge is -2.31. The standard InChI is InChI=1S/C51H62FN9O13/c1-9-51(71)32-18-37-41-30(21-61(37)44(64)31(32)23-72-45(51)65)39-34(15-14-29-25(4)33(52)19-36(56-41)38(29)39)58-47(67)73-22-26-12-13-28(17-27(26)20-60(8)49(69)70)55-42(62)35(11-10-16-54-46(53)66)57-43(63)40(24(2)3)59-48(68)74-50(5,6)7/h12-13,17-19,24,34-35,40,71H,9-11,14-16,20-23H2,1-8H3,(H,55,62)(H,57,63)(H,58,67)(H,59,68)(H,69,70)(H3,53,54,66)/t34-,35?,40?,51-/m0/s1. The van der Waals surface area contributed by atoms with E-state index in [2.05, 4.69) is 26.6 Å². The first-order chi connectivity index (χ1) is 34.8. The Balaban J connectivity index is 1.13. The summed E-state index contributed by atoms with van der Waals surface area (Å²) in [6.07, 6.45) is -2.13. The van der Waals surface area contributed by atoms with Crippen molar-refractivity contribution < 1.29 is 62.4 Å². The molecule has 0 saturated carbocycles. The Morgan fingerprint density at radius 2 is 1.76 bits per heavy atom. The number of anilines is 1. The number of ether oxygens (including phenoxy) is 3. The second-order valence-corrected chi connectivity index (χ2v) is 20.1. The number of alkyl carbamates (subject to hydrolysis) is 2. The lowest BCUT2D eigenvalue weighted by Crippen LogP contribution is -2.55. The molecule has 1 aliphatic carbocycles. The molecule has 396 valence electrons. The van der Waals surface area contributed by atoms with Gasteiger partial charge in [-0.25, -0.2) is 33.3 Å². The molecule has 4 atom stereocenters. The van der Waals surface area contributed by atoms with Crippen LogP contribution in [0.15, 0.2) is 35.1 Å². The van der Waals surface area contributed by atoms with Crippen LogP contribution >= 0.6 is 0 Å². The van der Waals surface area contributed by atoms with Crippen molar-refractivity contribution in [1.29, 1.82) is 0 Å². The number of cyclic esters (lactones) is 1. The highest BCUT2D eigenvalue weighted by atomic mass is 19.1. The summed E-state index contributed by atoms with van der Waals surface area (Å²) in [6, 6.07) is 3.59. The number of carbonyl (C=O) groups is 7. The first kappa shape index (κ1) is 54.0. The number of aryl methyl sites for hydroxylation is 1. The van der Waals surface area contributed by atoms with Crippen LogP contribution in [0.25, 0.3) is 22.3 Å². The molecule has 2 aromatic heterocycles. The number of hydrogen-bond acceptors (Lipinski definition) is 13. The Morgan fingerprint density at radius 1 is 1.03 bits per heavy atom. The number of nitrogens with one attached hydrogen (secondary N) is 5. The zero-order valence-corrected chi connectivity index (χ0v) is 42.4. The summed E-state index contributed by atoms with van der Waals surface area (Å²) >= 11 is 0. The molecular formula is C51H62FN9O13. The fraction of sp³-hybridized carbons (Fsp3) is 0.471. The number of primary amides is 1. The summed E-state index contributed by atoms with van der Waals surface area (Å²) in [5.41, 5.74) is 6.16. The normalized spacial score (nSPS) is 17.2. The van der Waals surface area contributed by atoms with E-state index in [4.69, 9.17) is 24.9 Å². The van der Waals surface area contributed by atoms with Gasteiger partial charge in [0.1, 0.15) is 36.7 Å². The second-order valence-electron chi connectivity index (χ2n) is 20.1. The van der Waals surface area contributed by atoms with E-state index in [1.807, 2.05) is 0 Å². The van der Waals surface area contributed by atoms with Gasteiger partial charge in [-0.05, 0) is 112 Å². The molecule has 4 heterocycles. The van der Waals surface area contributed by atoms with E-state index in [9.17, 15) is 48.6 Å². The predicted molar refractivity (Wildman–Crippen MR) is 265 cm³/mol. The molecule has 0 spiro atoms. The number of amides is 7. The van der Waals surface area contributed by atoms with E-state index < -0.39 is 88.7 Å². The molecule has 2 aromatic carbocycles. The highest BCUT2D eigenvalue weighted by molar-refractivity contribution is 5.98. The second kappa shape index (κ2) is 21.3. The smallest absolute Gasteiger partial charge is 0.408 e. The van der Waals surface area contributed by atoms with Gasteiger partial charge >= 0.3 is 30.3 Å². The van der Waals surface area contributed by atoms with Crippen LogP contribution in [0.4, 0.5) is 29.3 Å². The molecule has 2 unspecified atom stereocenters. The van der Waals surface area contributed by atoms with Gasteiger partial charge in [0.2, 0.25) is 11.8 Å². The van der Waals surface area contributed by atoms with Crippen LogP contribution in [0.5, 0.6) is 0 Å². The summed E-state index contributed by atoms with van der Waals surface area (Å²) in [4.78, 5) is 110. The molecule has 9 N–H and O–H groups in total. The zero-order valence-electron chi connectivity index (χ0n) is 42.4. The number of rotatable bonds is 16. The van der Waals surface area contributed by atoms with Crippen molar-refractivity contribution in [3.63, 3.8) is 0 Å². The van der Waals surface area contributed by atoms with Crippen LogP contribution in [0.1, 0.15) is 118 Å². The Bertz CT molecular complexity index is 3030. The molecular weight excluding hydrogens is 966 g/mol. The summed E-state index contributed by atoms with van der Waals surface area (Å²) in [5, 5.41) is 35.3. The van der Waals surface area contributed by atoms with Crippen LogP contribution in [0.2, 0.25) is 0 Å². The van der Waals surface area contributed by atoms with Crippen LogP contribution in [-0.2, 0) is 66.9 Å². The lowest BCUT2D eigenvalue weighted by atomic mass is 9.81. The van der Waals surface area contributed by atoms with Gasteiger partial charge in [0, 0.05) is 48.4 Å². The number of benzene rings is 2. The average Bonchev–Trinajstić information content (AvgIpc) is 3.69. The SMILES string of the molecule is CC[C@@]1(O)C(=O)OCc2c1cc1n(c2=O)Cc2c-1nc1cc(F)c(C)c3c1c2[C@@H](NC(=O)OCc1ccc(NC(=O)C(CCCNC(N)=O)NC(=O)C(NC(=O)OC(C)(C)C)C(C)C)cc1CN(C)C(=O)O)CC3. The summed E-state index contributed by atoms with van der Waals surface area (Å²) in [5.74, 6) is -3.15. The number of aliphatic hydroxyl groups is 1. The van der Waals surface area contributed by atoms with E-state index in [0.717, 1.165) is 4.90 Å². The van der Waals surface area contributed by atoms with E-state index in [0.29, 0.717) is 63.0 Å². The molecule has 22 nitrogen and oxygen atoms in total. The van der Waals surface area contributed by atoms with Gasteiger partial charge in [0.15, 0.2) is 5.60 Å². The first-order valence-electron chi connectivity index (χ1n) is 24.3. The van der Waals surface area contributed by atoms with Crippen molar-refractivity contribution in [2.45, 2.75) is 136 Å². The summed E-state index contributed by atoms with van der Waals surface area (Å²) in [6.45, 7) is 10.9. The molecule has 74 heavy (non-hydrogen) atoms. The quantitative estimate of drug-likeness (QED) is 0.0368. The maximum absolute atomic E-state index is 15.5. The summed E-state index contributed by atoms with van der Waals surface area (Å²) in [7, 11) is 1.33. The number of nitrogens with zero attached hydrogens (tertiary/aromatic N) is 3. The van der Waals surface area contributed by atoms with Crippen LogP contribution in [-0.4, -0.2) is 98.0 Å². The number of hydrogen-bond donors (Lipinski definition) is 8. The van der Waals surface area contributed by atoms with Crippen molar-refractivity contribution in [2.24, 2.45) is 11.7 Å². The Kier molecular flexibility index (Phi) is 15.6. The maximum Gasteiger partial charge on any atom is 0.408 e. The molecule has 0 bridgehead atoms. The number of carbonyl (C=O) groups excluding carboxylic acids is 6. The van der Waals surface area contributed by atoms with Crippen LogP contribution in [0, 0.1) is 18.7 Å². The minimum absolute atomic E-state index is 0.0172. The van der Waals surface area contributed by atoms with E-state index in [1.165, 1.54) is 35.9 Å². The number of nitrogens with two attached hydrogens (primary N) is 1. The summed E-state index contributed by atoms with van der Waals surface area (Å²) < 4.78 is 33.3. The van der Waals surface area contributed by atoms with Gasteiger partial charge in [-0.1, -0.05) is 26.8 Å². The van der Waals surface area contributed by atoms with Crippen molar-refractivity contribution in [1.82, 2.24) is 35.7 Å². The van der Waals surface area contributed by atoms with Gasteiger partial charge in [0.25, 0.3) is 5.56 Å². The van der Waals surface area contributed by atoms with Gasteiger partial charge in [-0.2, -0.15) is 0 Å². The molecule has 4 aromatic rings. The fourth-order valence-corrected chi connectivity index (χ4v) is 9.59. The number of carboxylic acid groups (broad SMARTS) is 1. The van der Waals surface area contributed by atoms with Crippen LogP contribution < -0.4 is 37.9 Å². The topological polar surface area (TPSA) is 312 Å². The molecule has 7 amide bonds. The Labute approximate surface area is 424 Å². The van der Waals surface area contributed by atoms with Crippen molar-refractivity contribution in [2.75, 3.05) is 18.9 Å². The lowest BCUT2D eigenvalue weighted by molar-refractivity contribution is -0.172. The minimum Gasteiger partial charge on any atom is -0.465 e. The molecule has 3 aliphatic rings. The van der Waals surface area contributed by atoms with E-state index in [1.54, 1.807) is 54.5 Å². The molecule has 23 heteroatoms. The third-order valence-electron chi connectivity index (χ3n) is 13.5. The van der Waals surface area contributed by atoms with Gasteiger partial charge < -0.3 is 66.2 Å². The number of halogens is 1. The third-order valence-corrected chi connectivity index (χ3v) is 13.5. The van der Waals surface area contributed by atoms with E-state index in [-0.39, 0.29) is 74.4 Å².